The second kappa shape index (κ2) is 7.59. The van der Waals surface area contributed by atoms with Crippen molar-refractivity contribution in [1.82, 2.24) is 10.3 Å². The summed E-state index contributed by atoms with van der Waals surface area (Å²) in [7, 11) is 2.17. The van der Waals surface area contributed by atoms with Gasteiger partial charge < -0.3 is 10.2 Å². The highest BCUT2D eigenvalue weighted by Gasteiger charge is 2.25. The maximum atomic E-state index is 4.97. The average Bonchev–Trinajstić information content (AvgIpc) is 2.79. The molecule has 1 heterocycles. The summed E-state index contributed by atoms with van der Waals surface area (Å²) in [5.74, 6) is 0. The highest BCUT2D eigenvalue weighted by molar-refractivity contribution is 7.15. The number of rotatable bonds is 7. The van der Waals surface area contributed by atoms with Crippen LogP contribution in [-0.4, -0.2) is 24.1 Å². The molecule has 1 unspecified atom stereocenters. The number of anilines is 1. The molecule has 0 radical (unpaired) electrons. The fraction of sp³-hybridized carbons (Fsp3) is 0.824. The summed E-state index contributed by atoms with van der Waals surface area (Å²) in [6.07, 6.45) is 2.42. The van der Waals surface area contributed by atoms with Crippen molar-refractivity contribution in [2.45, 2.75) is 85.4 Å². The van der Waals surface area contributed by atoms with E-state index in [1.807, 2.05) is 11.3 Å². The van der Waals surface area contributed by atoms with E-state index in [-0.39, 0.29) is 5.41 Å². The number of hydrogen-bond donors (Lipinski definition) is 1. The molecule has 0 aliphatic rings. The van der Waals surface area contributed by atoms with Crippen LogP contribution < -0.4 is 10.2 Å². The lowest BCUT2D eigenvalue weighted by Crippen LogP contribution is -2.28. The van der Waals surface area contributed by atoms with Crippen molar-refractivity contribution in [2.75, 3.05) is 11.9 Å². The predicted molar refractivity (Wildman–Crippen MR) is 95.6 cm³/mol. The third kappa shape index (κ3) is 5.26. The van der Waals surface area contributed by atoms with Crippen LogP contribution in [0.25, 0.3) is 0 Å². The van der Waals surface area contributed by atoms with Gasteiger partial charge >= 0.3 is 0 Å². The first kappa shape index (κ1) is 18.4. The minimum absolute atomic E-state index is 0.0948. The monoisotopic (exact) mass is 311 g/mol. The molecule has 122 valence electrons. The maximum absolute atomic E-state index is 4.97. The molecular formula is C17H33N3S. The normalized spacial score (nSPS) is 13.8. The van der Waals surface area contributed by atoms with Crippen LogP contribution in [0.2, 0.25) is 0 Å². The van der Waals surface area contributed by atoms with Gasteiger partial charge in [-0.25, -0.2) is 4.98 Å². The van der Waals surface area contributed by atoms with Gasteiger partial charge in [0, 0.05) is 36.0 Å². The molecule has 1 atom stereocenters. The first-order valence-electron chi connectivity index (χ1n) is 8.13. The van der Waals surface area contributed by atoms with Gasteiger partial charge in [0.2, 0.25) is 0 Å². The van der Waals surface area contributed by atoms with Gasteiger partial charge in [0.05, 0.1) is 5.69 Å². The Morgan fingerprint density at radius 1 is 1.24 bits per heavy atom. The second-order valence-corrected chi connectivity index (χ2v) is 8.36. The molecule has 4 heteroatoms. The molecule has 0 aliphatic heterocycles. The van der Waals surface area contributed by atoms with Crippen molar-refractivity contribution in [3.05, 3.63) is 10.6 Å². The zero-order valence-corrected chi connectivity index (χ0v) is 15.9. The van der Waals surface area contributed by atoms with Crippen molar-refractivity contribution in [2.24, 2.45) is 0 Å². The van der Waals surface area contributed by atoms with Crippen LogP contribution in [0.5, 0.6) is 0 Å². The summed E-state index contributed by atoms with van der Waals surface area (Å²) >= 11 is 1.84. The summed E-state index contributed by atoms with van der Waals surface area (Å²) in [6, 6.07) is 1.04. The van der Waals surface area contributed by atoms with E-state index in [1.165, 1.54) is 23.4 Å². The first-order chi connectivity index (χ1) is 9.66. The van der Waals surface area contributed by atoms with E-state index in [1.54, 1.807) is 0 Å². The zero-order valence-electron chi connectivity index (χ0n) is 15.1. The number of hydrogen-bond acceptors (Lipinski definition) is 4. The summed E-state index contributed by atoms with van der Waals surface area (Å²) in [5.41, 5.74) is 1.34. The van der Waals surface area contributed by atoms with Crippen molar-refractivity contribution in [1.29, 1.82) is 0 Å². The van der Waals surface area contributed by atoms with Crippen LogP contribution in [0, 0.1) is 0 Å². The Morgan fingerprint density at radius 2 is 1.86 bits per heavy atom. The molecule has 0 aromatic carbocycles. The molecule has 0 amide bonds. The van der Waals surface area contributed by atoms with Gasteiger partial charge in [-0.3, -0.25) is 0 Å². The lowest BCUT2D eigenvalue weighted by Gasteiger charge is -2.24. The molecule has 0 bridgehead atoms. The van der Waals surface area contributed by atoms with Crippen LogP contribution in [0.15, 0.2) is 0 Å². The van der Waals surface area contributed by atoms with Gasteiger partial charge in [-0.2, -0.15) is 0 Å². The second-order valence-electron chi connectivity index (χ2n) is 7.30. The Balaban J connectivity index is 3.02. The van der Waals surface area contributed by atoms with E-state index in [9.17, 15) is 0 Å². The average molecular weight is 312 g/mol. The van der Waals surface area contributed by atoms with E-state index < -0.39 is 0 Å². The smallest absolute Gasteiger partial charge is 0.185 e. The topological polar surface area (TPSA) is 28.2 Å². The summed E-state index contributed by atoms with van der Waals surface area (Å²) in [5, 5.41) is 4.69. The lowest BCUT2D eigenvalue weighted by atomic mass is 9.91. The van der Waals surface area contributed by atoms with Crippen LogP contribution >= 0.6 is 11.3 Å². The number of thiazole rings is 1. The SMILES string of the molecule is CCCC(C)N(C)c1nc(C(C)(C)C)c(CNC(C)C)s1. The Kier molecular flexibility index (Phi) is 6.67. The summed E-state index contributed by atoms with van der Waals surface area (Å²) < 4.78 is 0. The molecule has 1 N–H and O–H groups in total. The molecule has 1 aromatic heterocycles. The molecule has 0 aliphatic carbocycles. The first-order valence-corrected chi connectivity index (χ1v) is 8.94. The Morgan fingerprint density at radius 3 is 2.33 bits per heavy atom. The fourth-order valence-electron chi connectivity index (χ4n) is 2.29. The molecular weight excluding hydrogens is 278 g/mol. The molecule has 3 nitrogen and oxygen atoms in total. The van der Waals surface area contributed by atoms with Gasteiger partial charge in [0.1, 0.15) is 0 Å². The molecule has 0 saturated heterocycles. The Labute approximate surface area is 135 Å². The number of nitrogens with one attached hydrogen (secondary N) is 1. The van der Waals surface area contributed by atoms with Crippen LogP contribution in [0.3, 0.4) is 0 Å². The number of aromatic nitrogens is 1. The standard InChI is InChI=1S/C17H33N3S/c1-9-10-13(4)20(8)16-19-15(17(5,6)7)14(21-16)11-18-12(2)3/h12-13,18H,9-11H2,1-8H3. The van der Waals surface area contributed by atoms with Crippen molar-refractivity contribution < 1.29 is 0 Å². The molecule has 0 saturated carbocycles. The van der Waals surface area contributed by atoms with Crippen molar-refractivity contribution >= 4 is 16.5 Å². The van der Waals surface area contributed by atoms with E-state index in [2.05, 4.69) is 65.7 Å². The van der Waals surface area contributed by atoms with Gasteiger partial charge in [-0.1, -0.05) is 48.0 Å². The molecule has 1 rings (SSSR count). The van der Waals surface area contributed by atoms with Crippen LogP contribution in [-0.2, 0) is 12.0 Å². The van der Waals surface area contributed by atoms with E-state index in [4.69, 9.17) is 4.98 Å². The molecule has 0 fully saturated rings. The molecule has 1 aromatic rings. The third-order valence-corrected chi connectivity index (χ3v) is 4.88. The Bertz CT molecular complexity index is 432. The quantitative estimate of drug-likeness (QED) is 0.800. The largest absolute Gasteiger partial charge is 0.348 e. The van der Waals surface area contributed by atoms with Crippen LogP contribution in [0.1, 0.15) is 71.9 Å². The van der Waals surface area contributed by atoms with Crippen molar-refractivity contribution in [3.63, 3.8) is 0 Å². The van der Waals surface area contributed by atoms with Gasteiger partial charge in [-0.15, -0.1) is 11.3 Å². The van der Waals surface area contributed by atoms with E-state index in [0.717, 1.165) is 11.7 Å². The summed E-state index contributed by atoms with van der Waals surface area (Å²) in [4.78, 5) is 8.68. The van der Waals surface area contributed by atoms with E-state index in [0.29, 0.717) is 12.1 Å². The maximum Gasteiger partial charge on any atom is 0.185 e. The lowest BCUT2D eigenvalue weighted by molar-refractivity contribution is 0.544. The van der Waals surface area contributed by atoms with Crippen molar-refractivity contribution in [3.8, 4) is 0 Å². The third-order valence-electron chi connectivity index (χ3n) is 3.74. The van der Waals surface area contributed by atoms with Gasteiger partial charge in [0.25, 0.3) is 0 Å². The van der Waals surface area contributed by atoms with Gasteiger partial charge in [-0.05, 0) is 13.3 Å². The highest BCUT2D eigenvalue weighted by atomic mass is 32.1. The minimum Gasteiger partial charge on any atom is -0.348 e. The van der Waals surface area contributed by atoms with E-state index >= 15 is 0 Å². The zero-order chi connectivity index (χ0) is 16.2. The number of nitrogens with zero attached hydrogens (tertiary/aromatic N) is 2. The summed E-state index contributed by atoms with van der Waals surface area (Å²) in [6.45, 7) is 16.6. The fourth-order valence-corrected chi connectivity index (χ4v) is 3.58. The molecule has 0 spiro atoms. The van der Waals surface area contributed by atoms with Crippen LogP contribution in [0.4, 0.5) is 5.13 Å². The van der Waals surface area contributed by atoms with Gasteiger partial charge in [0.15, 0.2) is 5.13 Å². The minimum atomic E-state index is 0.0948. The predicted octanol–water partition coefficient (Wildman–Crippen LogP) is 4.56. The Hall–Kier alpha value is -0.610. The highest BCUT2D eigenvalue weighted by Crippen LogP contribution is 2.34. The molecule has 21 heavy (non-hydrogen) atoms.